The maximum atomic E-state index is 13.3. The minimum atomic E-state index is -0.761. The van der Waals surface area contributed by atoms with Gasteiger partial charge in [0.15, 0.2) is 6.61 Å². The van der Waals surface area contributed by atoms with Crippen LogP contribution in [0.4, 0.5) is 5.82 Å². The Morgan fingerprint density at radius 1 is 1.21 bits per heavy atom. The number of rotatable bonds is 7. The number of amides is 2. The lowest BCUT2D eigenvalue weighted by Gasteiger charge is -2.40. The Labute approximate surface area is 206 Å². The molecule has 178 valence electrons. The summed E-state index contributed by atoms with van der Waals surface area (Å²) in [4.78, 5) is 37.6. The zero-order valence-corrected chi connectivity index (χ0v) is 19.9. The number of aromatic nitrogens is 2. The maximum absolute atomic E-state index is 13.3. The van der Waals surface area contributed by atoms with E-state index in [1.54, 1.807) is 23.1 Å². The van der Waals surface area contributed by atoms with E-state index in [2.05, 4.69) is 9.97 Å². The van der Waals surface area contributed by atoms with Crippen LogP contribution in [0.5, 0.6) is 5.75 Å². The van der Waals surface area contributed by atoms with Crippen LogP contribution in [0.3, 0.4) is 0 Å². The first kappa shape index (κ1) is 24.0. The van der Waals surface area contributed by atoms with Gasteiger partial charge in [0, 0.05) is 32.1 Å². The van der Waals surface area contributed by atoms with Gasteiger partial charge in [-0.25, -0.2) is 9.97 Å². The standard InChI is InChI=1S/C23H23Cl2N5O4/c1-33-11-18-23(32)29(10-14-5-6-15-17(9-14)27-13-28-22(15)26)7-8-30(18)20(31)12-34-19-4-2-3-16(24)21(19)25/h2-6,9,13,18H,7-8,10-12H2,1H3,(H2,26,27,28). The largest absolute Gasteiger partial charge is 0.482 e. The van der Waals surface area contributed by atoms with Crippen molar-refractivity contribution >= 4 is 51.7 Å². The van der Waals surface area contributed by atoms with Gasteiger partial charge in [0.05, 0.1) is 17.1 Å². The normalized spacial score (nSPS) is 16.2. The van der Waals surface area contributed by atoms with Crippen molar-refractivity contribution in [2.75, 3.05) is 39.1 Å². The van der Waals surface area contributed by atoms with E-state index in [0.29, 0.717) is 41.7 Å². The van der Waals surface area contributed by atoms with Gasteiger partial charge >= 0.3 is 0 Å². The number of anilines is 1. The zero-order valence-electron chi connectivity index (χ0n) is 18.4. The van der Waals surface area contributed by atoms with Crippen LogP contribution >= 0.6 is 23.2 Å². The zero-order chi connectivity index (χ0) is 24.2. The number of ether oxygens (including phenoxy) is 2. The molecule has 1 fully saturated rings. The molecule has 0 radical (unpaired) electrons. The van der Waals surface area contributed by atoms with E-state index < -0.39 is 6.04 Å². The summed E-state index contributed by atoms with van der Waals surface area (Å²) in [6, 6.07) is 9.78. The number of fused-ring (bicyclic) bond motifs is 1. The molecule has 4 rings (SSSR count). The Morgan fingerprint density at radius 2 is 2.03 bits per heavy atom. The summed E-state index contributed by atoms with van der Waals surface area (Å²) >= 11 is 12.1. The van der Waals surface area contributed by atoms with Gasteiger partial charge in [-0.05, 0) is 29.8 Å². The number of nitrogens with zero attached hydrogens (tertiary/aromatic N) is 4. The van der Waals surface area contributed by atoms with Crippen LogP contribution in [0.15, 0.2) is 42.7 Å². The lowest BCUT2D eigenvalue weighted by atomic mass is 10.1. The Hall–Kier alpha value is -3.14. The predicted octanol–water partition coefficient (Wildman–Crippen LogP) is 2.78. The number of hydrogen-bond acceptors (Lipinski definition) is 7. The van der Waals surface area contributed by atoms with Crippen LogP contribution in [0.2, 0.25) is 10.0 Å². The lowest BCUT2D eigenvalue weighted by Crippen LogP contribution is -2.60. The molecule has 1 aliphatic rings. The van der Waals surface area contributed by atoms with Gasteiger partial charge in [-0.3, -0.25) is 9.59 Å². The highest BCUT2D eigenvalue weighted by atomic mass is 35.5. The number of carbonyl (C=O) groups is 2. The maximum Gasteiger partial charge on any atom is 0.261 e. The third kappa shape index (κ3) is 5.01. The monoisotopic (exact) mass is 503 g/mol. The molecule has 11 heteroatoms. The fourth-order valence-corrected chi connectivity index (χ4v) is 4.22. The summed E-state index contributed by atoms with van der Waals surface area (Å²) in [5, 5.41) is 1.31. The Balaban J connectivity index is 1.45. The molecular formula is C23H23Cl2N5O4. The minimum absolute atomic E-state index is 0.0699. The molecule has 0 aliphatic carbocycles. The summed E-state index contributed by atoms with van der Waals surface area (Å²) in [5.41, 5.74) is 7.50. The molecule has 2 N–H and O–H groups in total. The summed E-state index contributed by atoms with van der Waals surface area (Å²) in [6.07, 6.45) is 1.41. The number of halogens is 2. The molecule has 1 aliphatic heterocycles. The van der Waals surface area contributed by atoms with Gasteiger partial charge in [-0.2, -0.15) is 0 Å². The van der Waals surface area contributed by atoms with Gasteiger partial charge < -0.3 is 25.0 Å². The van der Waals surface area contributed by atoms with Crippen LogP contribution in [0.25, 0.3) is 10.9 Å². The molecule has 1 atom stereocenters. The fraction of sp³-hybridized carbons (Fsp3) is 0.304. The highest BCUT2D eigenvalue weighted by Crippen LogP contribution is 2.31. The number of piperazine rings is 1. The summed E-state index contributed by atoms with van der Waals surface area (Å²) in [6.45, 7) is 0.871. The van der Waals surface area contributed by atoms with Gasteiger partial charge in [0.25, 0.3) is 5.91 Å². The molecule has 1 saturated heterocycles. The first-order chi connectivity index (χ1) is 16.4. The van der Waals surface area contributed by atoms with Crippen molar-refractivity contribution in [3.8, 4) is 5.75 Å². The van der Waals surface area contributed by atoms with E-state index in [-0.39, 0.29) is 30.1 Å². The fourth-order valence-electron chi connectivity index (χ4n) is 3.87. The van der Waals surface area contributed by atoms with Crippen molar-refractivity contribution in [1.29, 1.82) is 0 Å². The number of nitrogens with two attached hydrogens (primary N) is 1. The summed E-state index contributed by atoms with van der Waals surface area (Å²) in [5.74, 6) is 0.159. The smallest absolute Gasteiger partial charge is 0.261 e. The van der Waals surface area contributed by atoms with Crippen molar-refractivity contribution in [3.05, 3.63) is 58.3 Å². The number of methoxy groups -OCH3 is 1. The Bertz CT molecular complexity index is 1230. The second kappa shape index (κ2) is 10.4. The van der Waals surface area contributed by atoms with Crippen molar-refractivity contribution in [2.24, 2.45) is 0 Å². The van der Waals surface area contributed by atoms with Gasteiger partial charge in [0.2, 0.25) is 5.91 Å². The highest BCUT2D eigenvalue weighted by Gasteiger charge is 2.37. The Morgan fingerprint density at radius 3 is 2.82 bits per heavy atom. The van der Waals surface area contributed by atoms with E-state index in [1.807, 2.05) is 18.2 Å². The number of carbonyl (C=O) groups excluding carboxylic acids is 2. The van der Waals surface area contributed by atoms with E-state index in [0.717, 1.165) is 10.9 Å². The van der Waals surface area contributed by atoms with Crippen molar-refractivity contribution in [3.63, 3.8) is 0 Å². The summed E-state index contributed by atoms with van der Waals surface area (Å²) < 4.78 is 10.8. The van der Waals surface area contributed by atoms with E-state index >= 15 is 0 Å². The second-order valence-corrected chi connectivity index (χ2v) is 8.55. The first-order valence-electron chi connectivity index (χ1n) is 10.5. The molecule has 9 nitrogen and oxygen atoms in total. The van der Waals surface area contributed by atoms with Crippen molar-refractivity contribution in [2.45, 2.75) is 12.6 Å². The average Bonchev–Trinajstić information content (AvgIpc) is 2.82. The molecule has 0 bridgehead atoms. The SMILES string of the molecule is COCC1C(=O)N(Cc2ccc3c(N)ncnc3c2)CCN1C(=O)COc1cccc(Cl)c1Cl. The molecule has 0 spiro atoms. The van der Waals surface area contributed by atoms with Gasteiger partial charge in [0.1, 0.15) is 29.0 Å². The number of nitrogen functional groups attached to an aromatic ring is 1. The van der Waals surface area contributed by atoms with Crippen LogP contribution in [-0.4, -0.2) is 71.0 Å². The third-order valence-electron chi connectivity index (χ3n) is 5.60. The molecule has 3 aromatic rings. The molecule has 2 heterocycles. The van der Waals surface area contributed by atoms with Gasteiger partial charge in [-0.15, -0.1) is 0 Å². The molecule has 1 unspecified atom stereocenters. The van der Waals surface area contributed by atoms with Crippen molar-refractivity contribution in [1.82, 2.24) is 19.8 Å². The van der Waals surface area contributed by atoms with Crippen molar-refractivity contribution < 1.29 is 19.1 Å². The average molecular weight is 504 g/mol. The van der Waals surface area contributed by atoms with Crippen LogP contribution in [0.1, 0.15) is 5.56 Å². The van der Waals surface area contributed by atoms with E-state index in [1.165, 1.54) is 18.3 Å². The van der Waals surface area contributed by atoms with Gasteiger partial charge in [-0.1, -0.05) is 35.3 Å². The minimum Gasteiger partial charge on any atom is -0.482 e. The first-order valence-corrected chi connectivity index (χ1v) is 11.3. The highest BCUT2D eigenvalue weighted by molar-refractivity contribution is 6.42. The second-order valence-electron chi connectivity index (χ2n) is 7.77. The lowest BCUT2D eigenvalue weighted by molar-refractivity contribution is -0.155. The quantitative estimate of drug-likeness (QED) is 0.527. The third-order valence-corrected chi connectivity index (χ3v) is 6.40. The van der Waals surface area contributed by atoms with E-state index in [9.17, 15) is 9.59 Å². The molecule has 34 heavy (non-hydrogen) atoms. The molecule has 0 saturated carbocycles. The van der Waals surface area contributed by atoms with Crippen LogP contribution in [-0.2, 0) is 20.9 Å². The van der Waals surface area contributed by atoms with Crippen LogP contribution < -0.4 is 10.5 Å². The topological polar surface area (TPSA) is 111 Å². The molecule has 2 aromatic carbocycles. The predicted molar refractivity (Wildman–Crippen MR) is 129 cm³/mol. The molecule has 1 aromatic heterocycles. The Kier molecular flexibility index (Phi) is 7.35. The number of benzene rings is 2. The van der Waals surface area contributed by atoms with E-state index in [4.69, 9.17) is 38.4 Å². The summed E-state index contributed by atoms with van der Waals surface area (Å²) in [7, 11) is 1.49. The number of hydrogen-bond donors (Lipinski definition) is 1. The molecule has 2 amide bonds. The van der Waals surface area contributed by atoms with Crippen LogP contribution in [0, 0.1) is 0 Å². The molecular weight excluding hydrogens is 481 g/mol.